The van der Waals surface area contributed by atoms with Crippen LogP contribution in [-0.2, 0) is 0 Å². The van der Waals surface area contributed by atoms with E-state index in [-0.39, 0.29) is 10.6 Å². The predicted octanol–water partition coefficient (Wildman–Crippen LogP) is 5.60. The van der Waals surface area contributed by atoms with Crippen molar-refractivity contribution in [2.45, 2.75) is 38.9 Å². The van der Waals surface area contributed by atoms with E-state index in [2.05, 4.69) is 38.8 Å². The largest absolute Gasteiger partial charge is 0.544 e. The van der Waals surface area contributed by atoms with Gasteiger partial charge in [-0.3, -0.25) is 4.79 Å². The number of rotatable bonds is 5. The van der Waals surface area contributed by atoms with E-state index in [1.165, 1.54) is 0 Å². The first-order valence-electron chi connectivity index (χ1n) is 9.64. The van der Waals surface area contributed by atoms with Gasteiger partial charge < -0.3 is 18.9 Å². The Morgan fingerprint density at radius 3 is 2.10 bits per heavy atom. The van der Waals surface area contributed by atoms with E-state index in [0.717, 1.165) is 22.4 Å². The molecule has 1 heterocycles. The molecule has 3 rings (SSSR count). The monoisotopic (exact) mass is 411 g/mol. The average Bonchev–Trinajstić information content (AvgIpc) is 2.66. The fourth-order valence-electron chi connectivity index (χ4n) is 2.93. The van der Waals surface area contributed by atoms with Gasteiger partial charge in [-0.05, 0) is 65.5 Å². The van der Waals surface area contributed by atoms with Crippen molar-refractivity contribution in [3.63, 3.8) is 0 Å². The quantitative estimate of drug-likeness (QED) is 0.556. The number of methoxy groups -OCH3 is 2. The molecule has 0 saturated carbocycles. The normalized spacial score (nSPS) is 12.1. The van der Waals surface area contributed by atoms with Gasteiger partial charge in [-0.25, -0.2) is 0 Å². The molecule has 0 aliphatic rings. The zero-order valence-electron chi connectivity index (χ0n) is 18.2. The Morgan fingerprint density at radius 1 is 0.897 bits per heavy atom. The van der Waals surface area contributed by atoms with E-state index in [9.17, 15) is 4.79 Å². The molecule has 0 saturated heterocycles. The number of aromatic amines is 1. The molecule has 2 aromatic carbocycles. The van der Waals surface area contributed by atoms with Gasteiger partial charge in [0.05, 0.1) is 19.6 Å². The molecule has 0 fully saturated rings. The molecule has 3 aromatic rings. The van der Waals surface area contributed by atoms with Crippen molar-refractivity contribution >= 4 is 19.1 Å². The molecule has 0 unspecified atom stereocenters. The number of hydrogen-bond acceptors (Lipinski definition) is 4. The Labute approximate surface area is 172 Å². The summed E-state index contributed by atoms with van der Waals surface area (Å²) in [5.74, 6) is 1.99. The lowest BCUT2D eigenvalue weighted by atomic mass is 10.1. The van der Waals surface area contributed by atoms with Crippen LogP contribution in [0, 0.1) is 0 Å². The van der Waals surface area contributed by atoms with E-state index in [4.69, 9.17) is 13.9 Å². The minimum absolute atomic E-state index is 0.132. The van der Waals surface area contributed by atoms with Gasteiger partial charge in [0.15, 0.2) is 0 Å². The fraction of sp³-hybridized carbons (Fsp3) is 0.348. The van der Waals surface area contributed by atoms with Crippen LogP contribution < -0.4 is 19.5 Å². The number of pyridine rings is 1. The topological polar surface area (TPSA) is 60.5 Å². The minimum Gasteiger partial charge on any atom is -0.544 e. The first-order valence-corrected chi connectivity index (χ1v) is 12.5. The summed E-state index contributed by atoms with van der Waals surface area (Å²) in [4.78, 5) is 15.7. The smallest absolute Gasteiger partial charge is 0.260 e. The lowest BCUT2D eigenvalue weighted by molar-refractivity contribution is 0.398. The molecule has 5 nitrogen and oxygen atoms in total. The van der Waals surface area contributed by atoms with Gasteiger partial charge in [-0.1, -0.05) is 20.8 Å². The van der Waals surface area contributed by atoms with Gasteiger partial charge in [-0.15, -0.1) is 0 Å². The first-order chi connectivity index (χ1) is 13.6. The molecule has 6 heteroatoms. The number of hydrogen-bond donors (Lipinski definition) is 1. The summed E-state index contributed by atoms with van der Waals surface area (Å²) in [7, 11) is 1.24. The first kappa shape index (κ1) is 21.0. The van der Waals surface area contributed by atoms with E-state index in [1.807, 2.05) is 36.4 Å². The van der Waals surface area contributed by atoms with Gasteiger partial charge in [0.2, 0.25) is 8.32 Å². The Kier molecular flexibility index (Phi) is 5.50. The van der Waals surface area contributed by atoms with Gasteiger partial charge in [0.25, 0.3) is 5.56 Å². The number of H-pyrrole nitrogens is 1. The summed E-state index contributed by atoms with van der Waals surface area (Å²) in [5.41, 5.74) is 1.45. The maximum Gasteiger partial charge on any atom is 0.260 e. The van der Waals surface area contributed by atoms with E-state index in [0.29, 0.717) is 16.9 Å². The van der Waals surface area contributed by atoms with Crippen LogP contribution in [0.25, 0.3) is 22.0 Å². The van der Waals surface area contributed by atoms with Crippen molar-refractivity contribution < 1.29 is 13.9 Å². The molecular weight excluding hydrogens is 382 g/mol. The zero-order chi connectivity index (χ0) is 21.4. The van der Waals surface area contributed by atoms with Crippen molar-refractivity contribution in [3.05, 3.63) is 52.8 Å². The van der Waals surface area contributed by atoms with Crippen LogP contribution in [-0.4, -0.2) is 27.5 Å². The van der Waals surface area contributed by atoms with Crippen molar-refractivity contribution in [1.82, 2.24) is 4.98 Å². The maximum absolute atomic E-state index is 12.7. The SMILES string of the molecule is COc1cc(OC)c2c(=O)[nH]c(-c3ccc(O[Si](C)(C)C(C)(C)C)cc3)cc2c1. The van der Waals surface area contributed by atoms with Crippen LogP contribution in [0.4, 0.5) is 0 Å². The van der Waals surface area contributed by atoms with Crippen LogP contribution >= 0.6 is 0 Å². The molecule has 0 atom stereocenters. The summed E-state index contributed by atoms with van der Waals surface area (Å²) in [6, 6.07) is 13.4. The zero-order valence-corrected chi connectivity index (χ0v) is 19.2. The Bertz CT molecular complexity index is 1080. The molecule has 154 valence electrons. The Balaban J connectivity index is 2.00. The van der Waals surface area contributed by atoms with E-state index >= 15 is 0 Å². The number of ether oxygens (including phenoxy) is 2. The number of benzene rings is 2. The molecule has 29 heavy (non-hydrogen) atoms. The third-order valence-corrected chi connectivity index (χ3v) is 10.0. The van der Waals surface area contributed by atoms with Gasteiger partial charge in [0, 0.05) is 11.8 Å². The van der Waals surface area contributed by atoms with Crippen LogP contribution in [0.5, 0.6) is 17.2 Å². The fourth-order valence-corrected chi connectivity index (χ4v) is 3.96. The summed E-state index contributed by atoms with van der Waals surface area (Å²) in [6.07, 6.45) is 0. The van der Waals surface area contributed by atoms with Crippen LogP contribution in [0.2, 0.25) is 18.1 Å². The van der Waals surface area contributed by atoms with Crippen molar-refractivity contribution in [3.8, 4) is 28.5 Å². The highest BCUT2D eigenvalue weighted by Crippen LogP contribution is 2.38. The molecule has 1 aromatic heterocycles. The standard InChI is InChI=1S/C23H29NO4Si/c1-23(2,3)29(6,7)28-17-10-8-15(9-11-17)19-13-16-12-18(26-4)14-20(27-5)21(16)22(25)24-19/h8-14H,1-7H3,(H,24,25). The number of nitrogens with one attached hydrogen (secondary N) is 1. The second-order valence-corrected chi connectivity index (χ2v) is 13.4. The van der Waals surface area contributed by atoms with Crippen LogP contribution in [0.3, 0.4) is 0 Å². The summed E-state index contributed by atoms with van der Waals surface area (Å²) in [5, 5.41) is 1.41. The molecule has 0 bridgehead atoms. The van der Waals surface area contributed by atoms with E-state index in [1.54, 1.807) is 20.3 Å². The van der Waals surface area contributed by atoms with Gasteiger partial charge >= 0.3 is 0 Å². The molecular formula is C23H29NO4Si. The molecule has 1 N–H and O–H groups in total. The van der Waals surface area contributed by atoms with E-state index < -0.39 is 8.32 Å². The lowest BCUT2D eigenvalue weighted by Gasteiger charge is -2.36. The maximum atomic E-state index is 12.7. The van der Waals surface area contributed by atoms with Crippen molar-refractivity contribution in [2.24, 2.45) is 0 Å². The molecule has 0 spiro atoms. The highest BCUT2D eigenvalue weighted by Gasteiger charge is 2.38. The highest BCUT2D eigenvalue weighted by molar-refractivity contribution is 6.74. The lowest BCUT2D eigenvalue weighted by Crippen LogP contribution is -2.43. The molecule has 0 aliphatic carbocycles. The molecule has 0 aliphatic heterocycles. The second-order valence-electron chi connectivity index (χ2n) is 8.69. The van der Waals surface area contributed by atoms with Gasteiger partial charge in [-0.2, -0.15) is 0 Å². The highest BCUT2D eigenvalue weighted by atomic mass is 28.4. The third-order valence-electron chi connectivity index (χ3n) is 5.68. The van der Waals surface area contributed by atoms with Crippen molar-refractivity contribution in [2.75, 3.05) is 14.2 Å². The third kappa shape index (κ3) is 4.17. The van der Waals surface area contributed by atoms with Crippen LogP contribution in [0.1, 0.15) is 20.8 Å². The van der Waals surface area contributed by atoms with Crippen molar-refractivity contribution in [1.29, 1.82) is 0 Å². The molecule has 0 radical (unpaired) electrons. The number of aromatic nitrogens is 1. The Hall–Kier alpha value is -2.73. The Morgan fingerprint density at radius 2 is 1.55 bits per heavy atom. The number of fused-ring (bicyclic) bond motifs is 1. The summed E-state index contributed by atoms with van der Waals surface area (Å²) < 4.78 is 17.1. The minimum atomic E-state index is -1.89. The van der Waals surface area contributed by atoms with Crippen LogP contribution in [0.15, 0.2) is 47.3 Å². The summed E-state index contributed by atoms with van der Waals surface area (Å²) in [6.45, 7) is 11.1. The molecule has 0 amide bonds. The van der Waals surface area contributed by atoms with Gasteiger partial charge in [0.1, 0.15) is 17.2 Å². The predicted molar refractivity (Wildman–Crippen MR) is 121 cm³/mol. The second kappa shape index (κ2) is 7.59. The average molecular weight is 412 g/mol. The summed E-state index contributed by atoms with van der Waals surface area (Å²) >= 11 is 0.